The molecule has 4 aliphatic heterocycles. The number of hydrogen-bond donors (Lipinski definition) is 6. The zero-order valence-electron chi connectivity index (χ0n) is 46.8. The van der Waals surface area contributed by atoms with E-state index in [9.17, 15) is 42.2 Å². The van der Waals surface area contributed by atoms with Crippen molar-refractivity contribution in [3.05, 3.63) is 119 Å². The number of nitrogens with zero attached hydrogens (tertiary/aromatic N) is 7. The van der Waals surface area contributed by atoms with Crippen molar-refractivity contribution < 1.29 is 51.0 Å². The molecule has 7 heterocycles. The zero-order valence-corrected chi connectivity index (χ0v) is 48.4. The quantitative estimate of drug-likeness (QED) is 0.0539. The van der Waals surface area contributed by atoms with Crippen LogP contribution in [0.25, 0.3) is 32.6 Å². The van der Waals surface area contributed by atoms with Crippen molar-refractivity contribution in [3.8, 4) is 21.6 Å². The molecule has 4 fully saturated rings. The molecule has 5 atom stereocenters. The van der Waals surface area contributed by atoms with Crippen molar-refractivity contribution in [3.63, 3.8) is 0 Å². The Morgan fingerprint density at radius 3 is 2.22 bits per heavy atom. The standard InChI is InChI=1S/C59H70F3N11O8S2/c1-35-54(82-34-65-35)39-7-5-38(6-8-39)48(33-74)66-57(78)49-26-43(75)31-73(49)58(79)55(59(2,3)4)67-50(76)32-69-18-15-36(16-19-69)29-70-21-23-71(24-22-70)42-11-9-37(10-12-42)40-25-44-45(28-64-56(44)63-27-40)53(77)51-46(61)13-14-47(52(51)62)68-83(80,81)72-20-17-41(60)30-72/h5-14,25,27-28,34,36,41,43,48-49,55,68,74-75H,15-24,26,29-33H2,1-4H3,(H,63,64)(H,66,78)(H,67,76)/t41-,43-,48+,49+,55-/m1/s1. The average molecular weight is 1180 g/mol. The second kappa shape index (κ2) is 24.8. The number of halogens is 3. The number of carbonyl (C=O) groups is 4. The number of likely N-dealkylation sites (tertiary alicyclic amines) is 2. The number of pyridine rings is 1. The number of fused-ring (bicyclic) bond motifs is 1. The highest BCUT2D eigenvalue weighted by atomic mass is 32.2. The van der Waals surface area contributed by atoms with Crippen LogP contribution in [0.4, 0.5) is 24.5 Å². The maximum Gasteiger partial charge on any atom is 0.301 e. The van der Waals surface area contributed by atoms with Gasteiger partial charge in [-0.3, -0.25) is 33.7 Å². The number of aromatic nitrogens is 3. The van der Waals surface area contributed by atoms with Crippen LogP contribution in [0.15, 0.2) is 84.6 Å². The highest BCUT2D eigenvalue weighted by Gasteiger charge is 2.45. The molecule has 4 saturated heterocycles. The fourth-order valence-electron chi connectivity index (χ4n) is 11.7. The van der Waals surface area contributed by atoms with Crippen LogP contribution in [0.2, 0.25) is 0 Å². The Kier molecular flexibility index (Phi) is 17.7. The van der Waals surface area contributed by atoms with Crippen LogP contribution < -0.4 is 20.3 Å². The Labute approximate surface area is 484 Å². The molecule has 19 nitrogen and oxygen atoms in total. The van der Waals surface area contributed by atoms with Crippen LogP contribution in [0, 0.1) is 29.9 Å². The number of carbonyl (C=O) groups excluding carboxylic acids is 4. The van der Waals surface area contributed by atoms with E-state index in [1.807, 2.05) is 80.9 Å². The summed E-state index contributed by atoms with van der Waals surface area (Å²) in [5.74, 6) is -4.40. The van der Waals surface area contributed by atoms with Gasteiger partial charge < -0.3 is 35.6 Å². The highest BCUT2D eigenvalue weighted by molar-refractivity contribution is 7.90. The number of ketones is 1. The number of β-amino-alcohol motifs (C(OH)–C–C–N with tert-alkyl or cyclic N) is 1. The van der Waals surface area contributed by atoms with Crippen LogP contribution in [0.5, 0.6) is 0 Å². The molecule has 0 radical (unpaired) electrons. The summed E-state index contributed by atoms with van der Waals surface area (Å²) in [6, 6.07) is 16.1. The summed E-state index contributed by atoms with van der Waals surface area (Å²) in [6.07, 6.45) is 2.48. The normalized spacial score (nSPS) is 20.4. The van der Waals surface area contributed by atoms with Crippen LogP contribution in [-0.4, -0.2) is 179 Å². The first-order chi connectivity index (χ1) is 39.6. The first-order valence-corrected chi connectivity index (χ1v) is 30.4. The van der Waals surface area contributed by atoms with E-state index in [0.29, 0.717) is 28.1 Å². The van der Waals surface area contributed by atoms with Gasteiger partial charge in [-0.25, -0.2) is 23.1 Å². The number of aliphatic hydroxyl groups excluding tert-OH is 2. The molecule has 24 heteroatoms. The first-order valence-electron chi connectivity index (χ1n) is 28.1. The monoisotopic (exact) mass is 1180 g/mol. The Bertz CT molecular complexity index is 3450. The SMILES string of the molecule is Cc1ncsc1-c1ccc([C@H](CO)NC(=O)[C@@H]2C[C@@H](O)CN2C(=O)[C@@H](NC(=O)CN2CCC(CN3CCN(c4ccc(-c5cnc6[nH]cc(C(=O)c7c(F)ccc(NS(=O)(=O)N8CC[C@@H](F)C8)c7F)c6c5)cc4)CC3)CC2)C(C)(C)C)cc1. The van der Waals surface area contributed by atoms with E-state index in [1.54, 1.807) is 17.8 Å². The number of nitrogens with one attached hydrogen (secondary N) is 4. The number of H-pyrrole nitrogens is 1. The second-order valence-corrected chi connectivity index (χ2v) is 25.8. The Hall–Kier alpha value is -6.80. The molecule has 0 saturated carbocycles. The summed E-state index contributed by atoms with van der Waals surface area (Å²) in [6.45, 7) is 12.4. The van der Waals surface area contributed by atoms with Crippen LogP contribution in [0.3, 0.4) is 0 Å². The molecule has 6 aromatic rings. The van der Waals surface area contributed by atoms with Crippen molar-refractivity contribution in [2.45, 2.75) is 83.8 Å². The summed E-state index contributed by atoms with van der Waals surface area (Å²) in [7, 11) is -4.38. The number of amides is 3. The number of hydrogen-bond acceptors (Lipinski definition) is 14. The van der Waals surface area contributed by atoms with Gasteiger partial charge in [0, 0.05) is 93.4 Å². The van der Waals surface area contributed by atoms with Crippen molar-refractivity contribution >= 4 is 67.5 Å². The summed E-state index contributed by atoms with van der Waals surface area (Å²) in [5, 5.41) is 27.3. The van der Waals surface area contributed by atoms with Crippen molar-refractivity contribution in [1.29, 1.82) is 0 Å². The summed E-state index contributed by atoms with van der Waals surface area (Å²) in [4.78, 5) is 76.7. The summed E-state index contributed by atoms with van der Waals surface area (Å²) < 4.78 is 73.4. The number of aliphatic hydroxyl groups is 2. The maximum atomic E-state index is 15.8. The molecule has 3 aromatic heterocycles. The number of piperidine rings is 1. The van der Waals surface area contributed by atoms with E-state index in [1.165, 1.54) is 22.4 Å². The Balaban J connectivity index is 0.684. The Morgan fingerprint density at radius 1 is 0.855 bits per heavy atom. The largest absolute Gasteiger partial charge is 0.394 e. The molecule has 83 heavy (non-hydrogen) atoms. The van der Waals surface area contributed by atoms with Gasteiger partial charge in [0.1, 0.15) is 29.7 Å². The van der Waals surface area contributed by atoms with Gasteiger partial charge in [-0.05, 0) is 97.6 Å². The predicted octanol–water partition coefficient (Wildman–Crippen LogP) is 6.05. The van der Waals surface area contributed by atoms with E-state index in [0.717, 1.165) is 102 Å². The average Bonchev–Trinajstić information content (AvgIpc) is 3.48. The molecule has 4 aliphatic rings. The summed E-state index contributed by atoms with van der Waals surface area (Å²) >= 11 is 1.53. The molecule has 3 aromatic carbocycles. The molecule has 0 spiro atoms. The molecular weight excluding hydrogens is 1110 g/mol. The van der Waals surface area contributed by atoms with Gasteiger partial charge in [-0.2, -0.15) is 12.7 Å². The minimum Gasteiger partial charge on any atom is -0.394 e. The van der Waals surface area contributed by atoms with Gasteiger partial charge >= 0.3 is 10.2 Å². The minimum absolute atomic E-state index is 0.00814. The van der Waals surface area contributed by atoms with Crippen LogP contribution >= 0.6 is 11.3 Å². The topological polar surface area (TPSA) is 237 Å². The highest BCUT2D eigenvalue weighted by Crippen LogP contribution is 2.34. The number of benzene rings is 3. The fraction of sp³-hybridized carbons (Fsp3) is 0.458. The second-order valence-electron chi connectivity index (χ2n) is 23.2. The molecule has 10 rings (SSSR count). The maximum absolute atomic E-state index is 15.8. The third kappa shape index (κ3) is 13.3. The van der Waals surface area contributed by atoms with Gasteiger partial charge in [-0.15, -0.1) is 11.3 Å². The van der Waals surface area contributed by atoms with Gasteiger partial charge in [0.25, 0.3) is 0 Å². The number of aromatic amines is 1. The van der Waals surface area contributed by atoms with E-state index in [4.69, 9.17) is 0 Å². The number of thiazole rings is 1. The van der Waals surface area contributed by atoms with E-state index < -0.39 is 93.1 Å². The molecular formula is C59H70F3N11O8S2. The lowest BCUT2D eigenvalue weighted by Gasteiger charge is -2.40. The smallest absolute Gasteiger partial charge is 0.301 e. The van der Waals surface area contributed by atoms with Crippen LogP contribution in [-0.2, 0) is 24.6 Å². The Morgan fingerprint density at radius 2 is 1.57 bits per heavy atom. The molecule has 442 valence electrons. The lowest BCUT2D eigenvalue weighted by molar-refractivity contribution is -0.144. The molecule has 3 amide bonds. The van der Waals surface area contributed by atoms with E-state index in [-0.39, 0.29) is 50.6 Å². The molecule has 0 aliphatic carbocycles. The fourth-order valence-corrected chi connectivity index (χ4v) is 13.7. The van der Waals surface area contributed by atoms with Gasteiger partial charge in [0.05, 0.1) is 52.6 Å². The predicted molar refractivity (Wildman–Crippen MR) is 311 cm³/mol. The van der Waals surface area contributed by atoms with Crippen molar-refractivity contribution in [2.75, 3.05) is 88.2 Å². The van der Waals surface area contributed by atoms with Gasteiger partial charge in [-0.1, -0.05) is 57.2 Å². The van der Waals surface area contributed by atoms with Crippen molar-refractivity contribution in [1.82, 2.24) is 44.6 Å². The number of piperazine rings is 1. The number of aryl methyl sites for hydroxylation is 1. The van der Waals surface area contributed by atoms with Gasteiger partial charge in [0.15, 0.2) is 5.82 Å². The number of alkyl halides is 1. The van der Waals surface area contributed by atoms with E-state index >= 15 is 8.78 Å². The van der Waals surface area contributed by atoms with Crippen LogP contribution in [0.1, 0.15) is 79.7 Å². The number of rotatable bonds is 18. The van der Waals surface area contributed by atoms with Crippen molar-refractivity contribution in [2.24, 2.45) is 11.3 Å². The lowest BCUT2D eigenvalue weighted by atomic mass is 9.85. The zero-order chi connectivity index (χ0) is 58.9. The van der Waals surface area contributed by atoms with Gasteiger partial charge in [0.2, 0.25) is 23.5 Å². The first kappa shape index (κ1) is 59.4. The molecule has 6 N–H and O–H groups in total. The molecule has 0 unspecified atom stereocenters. The summed E-state index contributed by atoms with van der Waals surface area (Å²) in [5.41, 5.74) is 4.77. The number of anilines is 2. The lowest BCUT2D eigenvalue weighted by Crippen LogP contribution is -2.59. The van der Waals surface area contributed by atoms with E-state index in [2.05, 4.69) is 40.3 Å². The molecule has 0 bridgehead atoms. The third-order valence-electron chi connectivity index (χ3n) is 16.4. The minimum atomic E-state index is -4.38. The third-order valence-corrected chi connectivity index (χ3v) is 18.9.